The minimum absolute atomic E-state index is 0.227. The van der Waals surface area contributed by atoms with Gasteiger partial charge in [-0.2, -0.15) is 0 Å². The highest BCUT2D eigenvalue weighted by Gasteiger charge is 2.24. The maximum absolute atomic E-state index is 11.8. The third-order valence-electron chi connectivity index (χ3n) is 3.07. The smallest absolute Gasteiger partial charge is 0.136 e. The van der Waals surface area contributed by atoms with Gasteiger partial charge in [-0.05, 0) is 31.8 Å². The molecule has 3 heteroatoms. The third kappa shape index (κ3) is 4.31. The van der Waals surface area contributed by atoms with Gasteiger partial charge in [-0.1, -0.05) is 13.8 Å². The Bertz CT molecular complexity index is 196. The molecule has 0 aromatic rings. The van der Waals surface area contributed by atoms with Crippen LogP contribution in [-0.2, 0) is 4.79 Å². The topological polar surface area (TPSA) is 40.5 Å². The zero-order valence-corrected chi connectivity index (χ0v) is 9.91. The molecule has 1 saturated heterocycles. The molecule has 1 heterocycles. The number of hydrogen-bond donors (Lipinski definition) is 1. The van der Waals surface area contributed by atoms with Crippen molar-refractivity contribution in [2.45, 2.75) is 33.1 Å². The van der Waals surface area contributed by atoms with Crippen LogP contribution in [0.3, 0.4) is 0 Å². The van der Waals surface area contributed by atoms with Crippen molar-refractivity contribution in [1.29, 1.82) is 0 Å². The van der Waals surface area contributed by atoms with Crippen LogP contribution in [0.2, 0.25) is 0 Å². The first-order valence-electron chi connectivity index (χ1n) is 5.99. The van der Waals surface area contributed by atoms with E-state index < -0.39 is 0 Å². The average molecular weight is 213 g/mol. The lowest BCUT2D eigenvalue weighted by Gasteiger charge is -2.30. The Morgan fingerprint density at radius 3 is 2.47 bits per heavy atom. The van der Waals surface area contributed by atoms with Crippen LogP contribution in [0.15, 0.2) is 0 Å². The number of piperidine rings is 1. The van der Waals surface area contributed by atoms with E-state index in [-0.39, 0.29) is 12.5 Å². The fraction of sp³-hybridized carbons (Fsp3) is 0.917. The lowest BCUT2D eigenvalue weighted by atomic mass is 9.88. The molecule has 0 atom stereocenters. The standard InChI is InChI=1S/C12H23NO2/c1-10(2)9-12(15)11-3-5-13(6-4-11)7-8-14/h10-11,14H,3-9H2,1-2H3. The van der Waals surface area contributed by atoms with E-state index >= 15 is 0 Å². The van der Waals surface area contributed by atoms with Gasteiger partial charge >= 0.3 is 0 Å². The van der Waals surface area contributed by atoms with E-state index in [2.05, 4.69) is 18.7 Å². The molecule has 0 radical (unpaired) electrons. The summed E-state index contributed by atoms with van der Waals surface area (Å²) in [5.74, 6) is 1.20. The molecule has 0 aromatic carbocycles. The predicted molar refractivity (Wildman–Crippen MR) is 60.7 cm³/mol. The Labute approximate surface area is 92.5 Å². The third-order valence-corrected chi connectivity index (χ3v) is 3.07. The maximum atomic E-state index is 11.8. The molecule has 0 amide bonds. The summed E-state index contributed by atoms with van der Waals surface area (Å²) >= 11 is 0. The lowest BCUT2D eigenvalue weighted by Crippen LogP contribution is -2.38. The van der Waals surface area contributed by atoms with Crippen LogP contribution in [-0.4, -0.2) is 42.0 Å². The van der Waals surface area contributed by atoms with Crippen molar-refractivity contribution in [2.75, 3.05) is 26.2 Å². The number of Topliss-reactive ketones (excluding diaryl/α,β-unsaturated/α-hetero) is 1. The van der Waals surface area contributed by atoms with Gasteiger partial charge in [0.05, 0.1) is 6.61 Å². The van der Waals surface area contributed by atoms with Crippen LogP contribution in [0.1, 0.15) is 33.1 Å². The molecule has 1 N–H and O–H groups in total. The molecule has 1 fully saturated rings. The molecule has 0 saturated carbocycles. The van der Waals surface area contributed by atoms with Crippen LogP contribution in [0.4, 0.5) is 0 Å². The fourth-order valence-corrected chi connectivity index (χ4v) is 2.19. The van der Waals surface area contributed by atoms with Crippen molar-refractivity contribution in [3.05, 3.63) is 0 Å². The number of hydrogen-bond acceptors (Lipinski definition) is 3. The second-order valence-electron chi connectivity index (χ2n) is 4.90. The van der Waals surface area contributed by atoms with Gasteiger partial charge in [-0.25, -0.2) is 0 Å². The van der Waals surface area contributed by atoms with Crippen LogP contribution < -0.4 is 0 Å². The minimum Gasteiger partial charge on any atom is -0.395 e. The van der Waals surface area contributed by atoms with Crippen molar-refractivity contribution >= 4 is 5.78 Å². The molecule has 0 aromatic heterocycles. The quantitative estimate of drug-likeness (QED) is 0.748. The number of carbonyl (C=O) groups is 1. The van der Waals surface area contributed by atoms with Crippen molar-refractivity contribution in [2.24, 2.45) is 11.8 Å². The predicted octanol–water partition coefficient (Wildman–Crippen LogP) is 1.31. The van der Waals surface area contributed by atoms with Gasteiger partial charge in [0, 0.05) is 18.9 Å². The number of aliphatic hydroxyl groups is 1. The van der Waals surface area contributed by atoms with Gasteiger partial charge in [0.1, 0.15) is 5.78 Å². The van der Waals surface area contributed by atoms with Crippen LogP contribution in [0.25, 0.3) is 0 Å². The van der Waals surface area contributed by atoms with Gasteiger partial charge in [0.15, 0.2) is 0 Å². The number of β-amino-alcohol motifs (C(OH)–C–C–N with tert-alkyl or cyclic N) is 1. The SMILES string of the molecule is CC(C)CC(=O)C1CCN(CCO)CC1. The molecule has 0 unspecified atom stereocenters. The Morgan fingerprint density at radius 1 is 1.40 bits per heavy atom. The highest BCUT2D eigenvalue weighted by molar-refractivity contribution is 5.81. The zero-order valence-electron chi connectivity index (χ0n) is 9.91. The number of ketones is 1. The summed E-state index contributed by atoms with van der Waals surface area (Å²) in [5.41, 5.74) is 0. The number of carbonyl (C=O) groups excluding carboxylic acids is 1. The molecule has 1 rings (SSSR count). The van der Waals surface area contributed by atoms with Gasteiger partial charge < -0.3 is 10.0 Å². The van der Waals surface area contributed by atoms with Crippen LogP contribution in [0, 0.1) is 11.8 Å². The molecule has 1 aliphatic rings. The monoisotopic (exact) mass is 213 g/mol. The Hall–Kier alpha value is -0.410. The van der Waals surface area contributed by atoms with E-state index in [1.807, 2.05) is 0 Å². The van der Waals surface area contributed by atoms with Crippen molar-refractivity contribution in [1.82, 2.24) is 4.90 Å². The summed E-state index contributed by atoms with van der Waals surface area (Å²) in [6.45, 7) is 7.11. The molecule has 0 bridgehead atoms. The first-order valence-corrected chi connectivity index (χ1v) is 5.99. The minimum atomic E-state index is 0.227. The summed E-state index contributed by atoms with van der Waals surface area (Å²) in [6.07, 6.45) is 2.68. The molecular weight excluding hydrogens is 190 g/mol. The van der Waals surface area contributed by atoms with E-state index in [1.165, 1.54) is 0 Å². The van der Waals surface area contributed by atoms with Crippen molar-refractivity contribution < 1.29 is 9.90 Å². The summed E-state index contributed by atoms with van der Waals surface area (Å²) in [4.78, 5) is 14.0. The van der Waals surface area contributed by atoms with Gasteiger partial charge in [0.2, 0.25) is 0 Å². The maximum Gasteiger partial charge on any atom is 0.136 e. The first-order chi connectivity index (χ1) is 7.13. The second-order valence-corrected chi connectivity index (χ2v) is 4.90. The number of nitrogens with zero attached hydrogens (tertiary/aromatic N) is 1. The highest BCUT2D eigenvalue weighted by atomic mass is 16.3. The largest absolute Gasteiger partial charge is 0.395 e. The second kappa shape index (κ2) is 6.23. The van der Waals surface area contributed by atoms with E-state index in [1.54, 1.807) is 0 Å². The molecule has 0 spiro atoms. The fourth-order valence-electron chi connectivity index (χ4n) is 2.19. The summed E-state index contributed by atoms with van der Waals surface area (Å²) in [5, 5.41) is 8.80. The van der Waals surface area contributed by atoms with Gasteiger partial charge in [-0.15, -0.1) is 0 Å². The van der Waals surface area contributed by atoms with E-state index in [0.717, 1.165) is 38.9 Å². The molecule has 0 aliphatic carbocycles. The molecule has 15 heavy (non-hydrogen) atoms. The van der Waals surface area contributed by atoms with Crippen molar-refractivity contribution in [3.8, 4) is 0 Å². The van der Waals surface area contributed by atoms with Crippen LogP contribution in [0.5, 0.6) is 0 Å². The van der Waals surface area contributed by atoms with Crippen molar-refractivity contribution in [3.63, 3.8) is 0 Å². The Kier molecular flexibility index (Phi) is 5.26. The van der Waals surface area contributed by atoms with E-state index in [9.17, 15) is 4.79 Å². The summed E-state index contributed by atoms with van der Waals surface area (Å²) < 4.78 is 0. The van der Waals surface area contributed by atoms with E-state index in [4.69, 9.17) is 5.11 Å². The normalized spacial score (nSPS) is 19.7. The molecule has 1 aliphatic heterocycles. The molecule has 88 valence electrons. The number of aliphatic hydroxyl groups excluding tert-OH is 1. The number of rotatable bonds is 5. The number of likely N-dealkylation sites (tertiary alicyclic amines) is 1. The molecule has 3 nitrogen and oxygen atoms in total. The Balaban J connectivity index is 2.27. The highest BCUT2D eigenvalue weighted by Crippen LogP contribution is 2.20. The van der Waals surface area contributed by atoms with Gasteiger partial charge in [-0.3, -0.25) is 4.79 Å². The average Bonchev–Trinajstić information content (AvgIpc) is 2.18. The van der Waals surface area contributed by atoms with Gasteiger partial charge in [0.25, 0.3) is 0 Å². The summed E-state index contributed by atoms with van der Waals surface area (Å²) in [6, 6.07) is 0. The first kappa shape index (κ1) is 12.7. The van der Waals surface area contributed by atoms with E-state index in [0.29, 0.717) is 11.7 Å². The Morgan fingerprint density at radius 2 is 2.00 bits per heavy atom. The zero-order chi connectivity index (χ0) is 11.3. The van der Waals surface area contributed by atoms with Crippen LogP contribution >= 0.6 is 0 Å². The lowest BCUT2D eigenvalue weighted by molar-refractivity contribution is -0.125. The summed E-state index contributed by atoms with van der Waals surface area (Å²) in [7, 11) is 0. The molecular formula is C12H23NO2.